The number of nitrogens with one attached hydrogen (secondary N) is 1. The van der Waals surface area contributed by atoms with Gasteiger partial charge in [0.2, 0.25) is 0 Å². The van der Waals surface area contributed by atoms with Gasteiger partial charge in [-0.25, -0.2) is 0 Å². The Morgan fingerprint density at radius 1 is 1.25 bits per heavy atom. The second-order valence-corrected chi connectivity index (χ2v) is 5.26. The van der Waals surface area contributed by atoms with Crippen molar-refractivity contribution < 1.29 is 9.84 Å². The van der Waals surface area contributed by atoms with Gasteiger partial charge in [0, 0.05) is 13.2 Å². The topological polar surface area (TPSA) is 41.5 Å². The average molecular weight is 229 g/mol. The monoisotopic (exact) mass is 229 g/mol. The largest absolute Gasteiger partial charge is 0.393 e. The van der Waals surface area contributed by atoms with E-state index in [1.165, 1.54) is 25.7 Å². The molecule has 1 aliphatic carbocycles. The van der Waals surface area contributed by atoms with Crippen LogP contribution >= 0.6 is 0 Å². The molecule has 1 unspecified atom stereocenters. The van der Waals surface area contributed by atoms with Crippen LogP contribution in [0, 0.1) is 5.92 Å². The Morgan fingerprint density at radius 2 is 1.88 bits per heavy atom. The van der Waals surface area contributed by atoms with Crippen LogP contribution in [0.1, 0.15) is 46.0 Å². The summed E-state index contributed by atoms with van der Waals surface area (Å²) < 4.78 is 5.35. The third-order valence-electron chi connectivity index (χ3n) is 3.65. The normalized spacial score (nSPS) is 28.3. The lowest BCUT2D eigenvalue weighted by atomic mass is 9.93. The van der Waals surface area contributed by atoms with Crippen molar-refractivity contribution in [3.8, 4) is 0 Å². The molecule has 2 N–H and O–H groups in total. The molecule has 0 heterocycles. The highest BCUT2D eigenvalue weighted by atomic mass is 16.5. The molecule has 0 saturated heterocycles. The van der Waals surface area contributed by atoms with E-state index in [-0.39, 0.29) is 6.10 Å². The van der Waals surface area contributed by atoms with Gasteiger partial charge in [0.05, 0.1) is 12.2 Å². The van der Waals surface area contributed by atoms with E-state index in [0.717, 1.165) is 13.0 Å². The Hall–Kier alpha value is -0.120. The summed E-state index contributed by atoms with van der Waals surface area (Å²) in [5.41, 5.74) is 0. The van der Waals surface area contributed by atoms with E-state index in [9.17, 15) is 5.11 Å². The second-order valence-electron chi connectivity index (χ2n) is 5.26. The van der Waals surface area contributed by atoms with E-state index in [0.29, 0.717) is 18.1 Å². The summed E-state index contributed by atoms with van der Waals surface area (Å²) in [6, 6.07) is 0.630. The maximum atomic E-state index is 9.68. The van der Waals surface area contributed by atoms with Crippen LogP contribution in [0.2, 0.25) is 0 Å². The third kappa shape index (κ3) is 4.81. The summed E-state index contributed by atoms with van der Waals surface area (Å²) >= 11 is 0. The molecule has 96 valence electrons. The lowest BCUT2D eigenvalue weighted by molar-refractivity contribution is 0.0612. The van der Waals surface area contributed by atoms with E-state index in [4.69, 9.17) is 4.74 Å². The molecule has 0 aromatic carbocycles. The van der Waals surface area contributed by atoms with Gasteiger partial charge in [-0.1, -0.05) is 13.8 Å². The fourth-order valence-corrected chi connectivity index (χ4v) is 2.27. The summed E-state index contributed by atoms with van der Waals surface area (Å²) in [5.74, 6) is 0.367. The number of aliphatic hydroxyl groups excluding tert-OH is 1. The van der Waals surface area contributed by atoms with Crippen molar-refractivity contribution in [1.29, 1.82) is 0 Å². The van der Waals surface area contributed by atoms with Crippen LogP contribution in [0.15, 0.2) is 0 Å². The van der Waals surface area contributed by atoms with Gasteiger partial charge in [-0.3, -0.25) is 0 Å². The molecule has 0 aromatic heterocycles. The number of aliphatic hydroxyl groups is 1. The number of methoxy groups -OCH3 is 1. The highest BCUT2D eigenvalue weighted by molar-refractivity contribution is 4.77. The van der Waals surface area contributed by atoms with Crippen LogP contribution in [0.5, 0.6) is 0 Å². The first-order valence-corrected chi connectivity index (χ1v) is 6.57. The predicted molar refractivity (Wildman–Crippen MR) is 66.5 cm³/mol. The van der Waals surface area contributed by atoms with E-state index < -0.39 is 0 Å². The van der Waals surface area contributed by atoms with Crippen molar-refractivity contribution in [2.75, 3.05) is 13.7 Å². The maximum Gasteiger partial charge on any atom is 0.0575 e. The summed E-state index contributed by atoms with van der Waals surface area (Å²) in [5, 5.41) is 13.2. The zero-order valence-corrected chi connectivity index (χ0v) is 10.9. The Morgan fingerprint density at radius 3 is 2.38 bits per heavy atom. The van der Waals surface area contributed by atoms with Crippen LogP contribution in [-0.2, 0) is 4.74 Å². The average Bonchev–Trinajstić information content (AvgIpc) is 2.29. The molecule has 0 spiro atoms. The zero-order chi connectivity index (χ0) is 12.0. The minimum absolute atomic E-state index is 0.164. The Bertz CT molecular complexity index is 177. The van der Waals surface area contributed by atoms with E-state index in [1.807, 2.05) is 0 Å². The number of hydrogen-bond donors (Lipinski definition) is 2. The third-order valence-corrected chi connectivity index (χ3v) is 3.65. The molecule has 0 bridgehead atoms. The maximum absolute atomic E-state index is 9.68. The first kappa shape index (κ1) is 13.9. The lowest BCUT2D eigenvalue weighted by Gasteiger charge is -2.28. The molecule has 1 fully saturated rings. The SMILES string of the molecule is COC1CCC(NCCC(O)C(C)C)CC1. The molecule has 1 rings (SSSR count). The van der Waals surface area contributed by atoms with Gasteiger partial charge in [0.1, 0.15) is 0 Å². The minimum Gasteiger partial charge on any atom is -0.393 e. The molecule has 0 amide bonds. The van der Waals surface area contributed by atoms with E-state index >= 15 is 0 Å². The minimum atomic E-state index is -0.164. The predicted octanol–water partition coefficient (Wildman–Crippen LogP) is 1.94. The van der Waals surface area contributed by atoms with Crippen molar-refractivity contribution in [3.05, 3.63) is 0 Å². The van der Waals surface area contributed by atoms with Gasteiger partial charge < -0.3 is 15.2 Å². The molecule has 16 heavy (non-hydrogen) atoms. The van der Waals surface area contributed by atoms with E-state index in [1.54, 1.807) is 7.11 Å². The van der Waals surface area contributed by atoms with Crippen LogP contribution in [0.25, 0.3) is 0 Å². The van der Waals surface area contributed by atoms with E-state index in [2.05, 4.69) is 19.2 Å². The first-order chi connectivity index (χ1) is 7.63. The number of rotatable bonds is 6. The van der Waals surface area contributed by atoms with Gasteiger partial charge in [-0.05, 0) is 44.6 Å². The highest BCUT2D eigenvalue weighted by Crippen LogP contribution is 2.20. The molecule has 1 saturated carbocycles. The summed E-state index contributed by atoms with van der Waals surface area (Å²) in [7, 11) is 1.80. The molecular weight excluding hydrogens is 202 g/mol. The zero-order valence-electron chi connectivity index (χ0n) is 10.9. The smallest absolute Gasteiger partial charge is 0.0575 e. The van der Waals surface area contributed by atoms with Gasteiger partial charge in [-0.2, -0.15) is 0 Å². The molecule has 3 heteroatoms. The van der Waals surface area contributed by atoms with Gasteiger partial charge in [0.15, 0.2) is 0 Å². The van der Waals surface area contributed by atoms with Gasteiger partial charge >= 0.3 is 0 Å². The van der Waals surface area contributed by atoms with Crippen molar-refractivity contribution in [2.24, 2.45) is 5.92 Å². The molecule has 0 aromatic rings. The Kier molecular flexibility index (Phi) is 6.32. The van der Waals surface area contributed by atoms with Crippen molar-refractivity contribution in [3.63, 3.8) is 0 Å². The van der Waals surface area contributed by atoms with Crippen LogP contribution in [-0.4, -0.2) is 37.0 Å². The second kappa shape index (κ2) is 7.25. The molecule has 1 atom stereocenters. The molecular formula is C13H27NO2. The van der Waals surface area contributed by atoms with Gasteiger partial charge in [-0.15, -0.1) is 0 Å². The fraction of sp³-hybridized carbons (Fsp3) is 1.00. The lowest BCUT2D eigenvalue weighted by Crippen LogP contribution is -2.37. The summed E-state index contributed by atoms with van der Waals surface area (Å²) in [4.78, 5) is 0. The fourth-order valence-electron chi connectivity index (χ4n) is 2.27. The summed E-state index contributed by atoms with van der Waals surface area (Å²) in [6.45, 7) is 5.06. The Labute approximate surface area is 99.6 Å². The van der Waals surface area contributed by atoms with Gasteiger partial charge in [0.25, 0.3) is 0 Å². The quantitative estimate of drug-likeness (QED) is 0.731. The van der Waals surface area contributed by atoms with Crippen LogP contribution in [0.3, 0.4) is 0 Å². The highest BCUT2D eigenvalue weighted by Gasteiger charge is 2.20. The summed E-state index contributed by atoms with van der Waals surface area (Å²) in [6.07, 6.45) is 5.91. The van der Waals surface area contributed by atoms with Crippen molar-refractivity contribution >= 4 is 0 Å². The van der Waals surface area contributed by atoms with Crippen molar-refractivity contribution in [1.82, 2.24) is 5.32 Å². The number of hydrogen-bond acceptors (Lipinski definition) is 3. The molecule has 0 aliphatic heterocycles. The molecule has 3 nitrogen and oxygen atoms in total. The van der Waals surface area contributed by atoms with Crippen LogP contribution in [0.4, 0.5) is 0 Å². The molecule has 0 radical (unpaired) electrons. The number of ether oxygens (including phenoxy) is 1. The van der Waals surface area contributed by atoms with Crippen molar-refractivity contribution in [2.45, 2.75) is 64.2 Å². The van der Waals surface area contributed by atoms with Crippen LogP contribution < -0.4 is 5.32 Å². The first-order valence-electron chi connectivity index (χ1n) is 6.57. The standard InChI is InChI=1S/C13H27NO2/c1-10(2)13(15)8-9-14-11-4-6-12(16-3)7-5-11/h10-15H,4-9H2,1-3H3. The Balaban J connectivity index is 2.06. The molecule has 1 aliphatic rings.